The van der Waals surface area contributed by atoms with Crippen molar-refractivity contribution in [1.82, 2.24) is 15.1 Å². The minimum atomic E-state index is -2.85. The molecule has 0 aromatic heterocycles. The molecule has 4 N–H and O–H groups in total. The van der Waals surface area contributed by atoms with E-state index in [0.717, 1.165) is 10.5 Å². The molecule has 4 rings (SSSR count). The SMILES string of the molecule is N[C@H](C(=O)N1CCC(F)(F)C1)C1CCC(NC(=O)C2C[C@@H](O)CN2C(=O)OCc2ccccc2)CC1. The van der Waals surface area contributed by atoms with E-state index in [1.807, 2.05) is 30.3 Å². The molecule has 11 heteroatoms. The van der Waals surface area contributed by atoms with Crippen LogP contribution < -0.4 is 11.1 Å². The van der Waals surface area contributed by atoms with Gasteiger partial charge in [-0.15, -0.1) is 0 Å². The summed E-state index contributed by atoms with van der Waals surface area (Å²) in [6, 6.07) is 7.35. The molecule has 0 spiro atoms. The van der Waals surface area contributed by atoms with Crippen molar-refractivity contribution in [2.45, 2.75) is 75.3 Å². The standard InChI is InChI=1S/C25H34F2N4O5/c26-25(27)10-11-30(15-25)23(34)21(28)17-6-8-18(9-7-17)29-22(33)20-12-19(32)13-31(20)24(35)36-14-16-4-2-1-3-5-16/h1-5,17-21,32H,6-15,28H2,(H,29,33)/t17?,18?,19-,20?,21+/m1/s1. The lowest BCUT2D eigenvalue weighted by atomic mass is 9.81. The Bertz CT molecular complexity index is 942. The summed E-state index contributed by atoms with van der Waals surface area (Å²) >= 11 is 0. The van der Waals surface area contributed by atoms with Gasteiger partial charge in [0.2, 0.25) is 11.8 Å². The molecule has 2 saturated heterocycles. The third kappa shape index (κ3) is 6.31. The maximum atomic E-state index is 13.5. The van der Waals surface area contributed by atoms with Crippen LogP contribution in [0.1, 0.15) is 44.1 Å². The molecule has 0 bridgehead atoms. The molecule has 2 heterocycles. The van der Waals surface area contributed by atoms with Crippen LogP contribution in [0.15, 0.2) is 30.3 Å². The minimum Gasteiger partial charge on any atom is -0.445 e. The number of benzene rings is 1. The van der Waals surface area contributed by atoms with Gasteiger partial charge in [-0.05, 0) is 37.2 Å². The molecule has 2 aliphatic heterocycles. The topological polar surface area (TPSA) is 125 Å². The summed E-state index contributed by atoms with van der Waals surface area (Å²) in [5.41, 5.74) is 6.95. The highest BCUT2D eigenvalue weighted by Crippen LogP contribution is 2.31. The molecule has 3 amide bonds. The summed E-state index contributed by atoms with van der Waals surface area (Å²) in [5.74, 6) is -3.79. The number of nitrogens with zero attached hydrogens (tertiary/aromatic N) is 2. The van der Waals surface area contributed by atoms with Crippen LogP contribution in [0, 0.1) is 5.92 Å². The molecular weight excluding hydrogens is 474 g/mol. The third-order valence-electron chi connectivity index (χ3n) is 7.41. The quantitative estimate of drug-likeness (QED) is 0.537. The fraction of sp³-hybridized carbons (Fsp3) is 0.640. The summed E-state index contributed by atoms with van der Waals surface area (Å²) in [4.78, 5) is 40.6. The summed E-state index contributed by atoms with van der Waals surface area (Å²) in [6.45, 7) is -0.478. The maximum Gasteiger partial charge on any atom is 0.410 e. The van der Waals surface area contributed by atoms with Crippen molar-refractivity contribution in [2.24, 2.45) is 11.7 Å². The van der Waals surface area contributed by atoms with E-state index in [-0.39, 0.29) is 50.4 Å². The van der Waals surface area contributed by atoms with Gasteiger partial charge in [0.1, 0.15) is 12.6 Å². The Morgan fingerprint density at radius 1 is 1.17 bits per heavy atom. The molecular formula is C25H34F2N4O5. The Morgan fingerprint density at radius 2 is 1.86 bits per heavy atom. The van der Waals surface area contributed by atoms with Crippen LogP contribution in [0.5, 0.6) is 0 Å². The van der Waals surface area contributed by atoms with E-state index in [2.05, 4.69) is 5.32 Å². The van der Waals surface area contributed by atoms with Crippen molar-refractivity contribution in [3.8, 4) is 0 Å². The van der Waals surface area contributed by atoms with Gasteiger partial charge in [0.15, 0.2) is 0 Å². The largest absolute Gasteiger partial charge is 0.445 e. The number of amides is 3. The molecule has 1 aromatic rings. The predicted octanol–water partition coefficient (Wildman–Crippen LogP) is 1.63. The van der Waals surface area contributed by atoms with Gasteiger partial charge >= 0.3 is 6.09 Å². The smallest absolute Gasteiger partial charge is 0.410 e. The Kier molecular flexibility index (Phi) is 8.09. The number of ether oxygens (including phenoxy) is 1. The lowest BCUT2D eigenvalue weighted by Crippen LogP contribution is -2.51. The van der Waals surface area contributed by atoms with Crippen molar-refractivity contribution >= 4 is 17.9 Å². The van der Waals surface area contributed by atoms with Crippen LogP contribution in [-0.4, -0.2) is 82.6 Å². The monoisotopic (exact) mass is 508 g/mol. The van der Waals surface area contributed by atoms with E-state index in [9.17, 15) is 28.3 Å². The maximum absolute atomic E-state index is 13.5. The molecule has 1 aliphatic carbocycles. The molecule has 1 aromatic carbocycles. The second-order valence-electron chi connectivity index (χ2n) is 10.1. The zero-order valence-electron chi connectivity index (χ0n) is 20.2. The number of aliphatic hydroxyl groups excluding tert-OH is 1. The summed E-state index contributed by atoms with van der Waals surface area (Å²) < 4.78 is 32.3. The van der Waals surface area contributed by atoms with Gasteiger partial charge in [0, 0.05) is 25.4 Å². The number of carbonyl (C=O) groups excluding carboxylic acids is 3. The molecule has 3 aliphatic rings. The number of rotatable bonds is 6. The van der Waals surface area contributed by atoms with Crippen LogP contribution in [-0.2, 0) is 20.9 Å². The van der Waals surface area contributed by atoms with Gasteiger partial charge in [-0.1, -0.05) is 30.3 Å². The van der Waals surface area contributed by atoms with E-state index >= 15 is 0 Å². The minimum absolute atomic E-state index is 0.0163. The number of aliphatic hydroxyl groups is 1. The summed E-state index contributed by atoms with van der Waals surface area (Å²) in [7, 11) is 0. The van der Waals surface area contributed by atoms with E-state index in [4.69, 9.17) is 10.5 Å². The Labute approximate surface area is 208 Å². The predicted molar refractivity (Wildman–Crippen MR) is 126 cm³/mol. The number of hydrogen-bond donors (Lipinski definition) is 3. The number of likely N-dealkylation sites (tertiary alicyclic amines) is 2. The lowest BCUT2D eigenvalue weighted by molar-refractivity contribution is -0.134. The van der Waals surface area contributed by atoms with Gasteiger partial charge in [-0.2, -0.15) is 0 Å². The summed E-state index contributed by atoms with van der Waals surface area (Å²) in [5, 5.41) is 13.1. The Hall–Kier alpha value is -2.79. The number of nitrogens with two attached hydrogens (primary N) is 1. The number of β-amino-alcohol motifs (C(OH)–C–C–N with tert-alkyl or cyclic N) is 1. The van der Waals surface area contributed by atoms with Crippen LogP contribution in [0.3, 0.4) is 0 Å². The van der Waals surface area contributed by atoms with Crippen LogP contribution in [0.25, 0.3) is 0 Å². The fourth-order valence-corrected chi connectivity index (χ4v) is 5.32. The number of carbonyl (C=O) groups is 3. The zero-order valence-corrected chi connectivity index (χ0v) is 20.2. The van der Waals surface area contributed by atoms with Gasteiger partial charge < -0.3 is 25.8 Å². The average Bonchev–Trinajstić information content (AvgIpc) is 3.44. The number of nitrogens with one attached hydrogen (secondary N) is 1. The number of alkyl halides is 2. The number of halogens is 2. The molecule has 3 atom stereocenters. The average molecular weight is 509 g/mol. The van der Waals surface area contributed by atoms with Gasteiger partial charge in [0.05, 0.1) is 25.2 Å². The van der Waals surface area contributed by atoms with Crippen molar-refractivity contribution < 1.29 is 33.0 Å². The molecule has 198 valence electrons. The lowest BCUT2D eigenvalue weighted by Gasteiger charge is -2.34. The highest BCUT2D eigenvalue weighted by Gasteiger charge is 2.44. The van der Waals surface area contributed by atoms with E-state index < -0.39 is 42.7 Å². The highest BCUT2D eigenvalue weighted by atomic mass is 19.3. The van der Waals surface area contributed by atoms with E-state index in [1.54, 1.807) is 0 Å². The van der Waals surface area contributed by atoms with Gasteiger partial charge in [-0.25, -0.2) is 13.6 Å². The first-order valence-electron chi connectivity index (χ1n) is 12.5. The molecule has 0 radical (unpaired) electrons. The molecule has 9 nitrogen and oxygen atoms in total. The Morgan fingerprint density at radius 3 is 2.50 bits per heavy atom. The number of hydrogen-bond acceptors (Lipinski definition) is 6. The van der Waals surface area contributed by atoms with E-state index in [1.165, 1.54) is 4.90 Å². The van der Waals surface area contributed by atoms with Crippen LogP contribution in [0.2, 0.25) is 0 Å². The second-order valence-corrected chi connectivity index (χ2v) is 10.1. The van der Waals surface area contributed by atoms with Gasteiger partial charge in [-0.3, -0.25) is 14.5 Å². The molecule has 1 unspecified atom stereocenters. The first-order chi connectivity index (χ1) is 17.1. The first-order valence-corrected chi connectivity index (χ1v) is 12.5. The van der Waals surface area contributed by atoms with Crippen LogP contribution >= 0.6 is 0 Å². The highest BCUT2D eigenvalue weighted by molar-refractivity contribution is 5.86. The fourth-order valence-electron chi connectivity index (χ4n) is 5.32. The van der Waals surface area contributed by atoms with Crippen LogP contribution in [0.4, 0.5) is 13.6 Å². The van der Waals surface area contributed by atoms with Crippen molar-refractivity contribution in [2.75, 3.05) is 19.6 Å². The second kappa shape index (κ2) is 11.1. The zero-order chi connectivity index (χ0) is 25.9. The molecule has 3 fully saturated rings. The normalized spacial score (nSPS) is 28.6. The van der Waals surface area contributed by atoms with E-state index in [0.29, 0.717) is 25.7 Å². The van der Waals surface area contributed by atoms with Gasteiger partial charge in [0.25, 0.3) is 5.92 Å². The Balaban J connectivity index is 1.25. The first kappa shape index (κ1) is 26.3. The van der Waals surface area contributed by atoms with Crippen molar-refractivity contribution in [3.05, 3.63) is 35.9 Å². The van der Waals surface area contributed by atoms with Crippen molar-refractivity contribution in [1.29, 1.82) is 0 Å². The molecule has 1 saturated carbocycles. The third-order valence-corrected chi connectivity index (χ3v) is 7.41. The van der Waals surface area contributed by atoms with Crippen molar-refractivity contribution in [3.63, 3.8) is 0 Å². The summed E-state index contributed by atoms with van der Waals surface area (Å²) in [6.07, 6.45) is 0.649. The molecule has 36 heavy (non-hydrogen) atoms.